The van der Waals surface area contributed by atoms with Crippen LogP contribution in [0.4, 0.5) is 5.69 Å². The van der Waals surface area contributed by atoms with E-state index in [1.807, 2.05) is 55.7 Å². The SMILES string of the molecule is CN1C=CCN(c2cnn(-c3ccc(Cl)cc3)c(=O)c2Oc2ccc(-c3ccccc3)cc2)CC1. The van der Waals surface area contributed by atoms with Gasteiger partial charge in [-0.2, -0.15) is 9.78 Å². The van der Waals surface area contributed by atoms with Crippen LogP contribution in [0.1, 0.15) is 0 Å². The molecule has 0 spiro atoms. The summed E-state index contributed by atoms with van der Waals surface area (Å²) in [6.45, 7) is 2.21. The first kappa shape index (κ1) is 22.7. The summed E-state index contributed by atoms with van der Waals surface area (Å²) in [5.41, 5.74) is 3.14. The number of hydrogen-bond acceptors (Lipinski definition) is 5. The minimum absolute atomic E-state index is 0.236. The molecule has 3 aromatic carbocycles. The van der Waals surface area contributed by atoms with Gasteiger partial charge in [0.05, 0.1) is 11.9 Å². The fourth-order valence-corrected chi connectivity index (χ4v) is 4.12. The van der Waals surface area contributed by atoms with Gasteiger partial charge in [0.2, 0.25) is 5.75 Å². The molecule has 0 radical (unpaired) electrons. The van der Waals surface area contributed by atoms with Crippen LogP contribution in [-0.4, -0.2) is 41.4 Å². The molecule has 4 aromatic rings. The van der Waals surface area contributed by atoms with E-state index in [0.717, 1.165) is 24.2 Å². The molecule has 1 aliphatic heterocycles. The molecule has 0 amide bonds. The number of benzene rings is 3. The molecule has 6 nitrogen and oxygen atoms in total. The molecule has 0 unspecified atom stereocenters. The van der Waals surface area contributed by atoms with Crippen molar-refractivity contribution in [1.82, 2.24) is 14.7 Å². The molecule has 0 saturated heterocycles. The third-order valence-corrected chi connectivity index (χ3v) is 6.17. The summed E-state index contributed by atoms with van der Waals surface area (Å²) in [5, 5.41) is 5.05. The van der Waals surface area contributed by atoms with Crippen molar-refractivity contribution < 1.29 is 4.74 Å². The number of aromatic nitrogens is 2. The van der Waals surface area contributed by atoms with Gasteiger partial charge < -0.3 is 14.5 Å². The second kappa shape index (κ2) is 10.1. The number of likely N-dealkylation sites (N-methyl/N-ethyl adjacent to an activating group) is 1. The topological polar surface area (TPSA) is 50.6 Å². The van der Waals surface area contributed by atoms with E-state index < -0.39 is 0 Å². The van der Waals surface area contributed by atoms with Gasteiger partial charge in [-0.25, -0.2) is 0 Å². The Bertz CT molecular complexity index is 1380. The number of rotatable bonds is 5. The molecule has 35 heavy (non-hydrogen) atoms. The van der Waals surface area contributed by atoms with Gasteiger partial charge in [-0.05, 0) is 59.8 Å². The zero-order valence-corrected chi connectivity index (χ0v) is 20.1. The Labute approximate surface area is 209 Å². The summed E-state index contributed by atoms with van der Waals surface area (Å²) in [4.78, 5) is 17.9. The molecule has 0 saturated carbocycles. The highest BCUT2D eigenvalue weighted by molar-refractivity contribution is 6.30. The number of anilines is 1. The van der Waals surface area contributed by atoms with Crippen molar-refractivity contribution in [3.63, 3.8) is 0 Å². The summed E-state index contributed by atoms with van der Waals surface area (Å²) in [5.74, 6) is 0.819. The van der Waals surface area contributed by atoms with Crippen molar-refractivity contribution in [1.29, 1.82) is 0 Å². The summed E-state index contributed by atoms with van der Waals surface area (Å²) in [6.07, 6.45) is 5.81. The maximum atomic E-state index is 13.6. The Morgan fingerprint density at radius 3 is 2.34 bits per heavy atom. The van der Waals surface area contributed by atoms with Crippen LogP contribution in [0.15, 0.2) is 102 Å². The average molecular weight is 485 g/mol. The molecule has 0 fully saturated rings. The molecular weight excluding hydrogens is 460 g/mol. The van der Waals surface area contributed by atoms with Gasteiger partial charge >= 0.3 is 5.56 Å². The van der Waals surface area contributed by atoms with E-state index in [9.17, 15) is 4.79 Å². The molecule has 5 rings (SSSR count). The smallest absolute Gasteiger partial charge is 0.316 e. The fourth-order valence-electron chi connectivity index (χ4n) is 4.00. The molecule has 7 heteroatoms. The summed E-state index contributed by atoms with van der Waals surface area (Å²) in [6, 6.07) is 24.9. The van der Waals surface area contributed by atoms with Crippen LogP contribution in [0.25, 0.3) is 16.8 Å². The van der Waals surface area contributed by atoms with Crippen molar-refractivity contribution in [2.24, 2.45) is 0 Å². The lowest BCUT2D eigenvalue weighted by molar-refractivity contribution is 0.457. The fraction of sp³-hybridized carbons (Fsp3) is 0.143. The second-order valence-corrected chi connectivity index (χ2v) is 8.79. The largest absolute Gasteiger partial charge is 0.449 e. The first-order valence-corrected chi connectivity index (χ1v) is 11.8. The Hall–Kier alpha value is -4.03. The van der Waals surface area contributed by atoms with Crippen molar-refractivity contribution in [2.45, 2.75) is 0 Å². The van der Waals surface area contributed by atoms with Gasteiger partial charge in [-0.3, -0.25) is 4.79 Å². The highest BCUT2D eigenvalue weighted by Gasteiger charge is 2.21. The average Bonchev–Trinajstić information content (AvgIpc) is 3.11. The zero-order valence-electron chi connectivity index (χ0n) is 19.3. The van der Waals surface area contributed by atoms with Gasteiger partial charge in [-0.15, -0.1) is 0 Å². The van der Waals surface area contributed by atoms with Crippen LogP contribution >= 0.6 is 11.6 Å². The molecular formula is C28H25ClN4O2. The minimum Gasteiger partial charge on any atom is -0.449 e. The second-order valence-electron chi connectivity index (χ2n) is 8.36. The summed E-state index contributed by atoms with van der Waals surface area (Å²) < 4.78 is 7.60. The third-order valence-electron chi connectivity index (χ3n) is 5.92. The number of halogens is 1. The zero-order chi connectivity index (χ0) is 24.2. The Balaban J connectivity index is 1.53. The maximum Gasteiger partial charge on any atom is 0.316 e. The summed E-state index contributed by atoms with van der Waals surface area (Å²) in [7, 11) is 2.03. The molecule has 176 valence electrons. The number of nitrogens with zero attached hydrogens (tertiary/aromatic N) is 4. The Kier molecular flexibility index (Phi) is 6.55. The number of ether oxygens (including phenoxy) is 1. The van der Waals surface area contributed by atoms with E-state index in [0.29, 0.717) is 28.7 Å². The van der Waals surface area contributed by atoms with E-state index in [1.54, 1.807) is 30.5 Å². The van der Waals surface area contributed by atoms with Crippen molar-refractivity contribution in [3.05, 3.63) is 113 Å². The first-order valence-electron chi connectivity index (χ1n) is 11.4. The van der Waals surface area contributed by atoms with Gasteiger partial charge in [0.1, 0.15) is 11.4 Å². The molecule has 0 bridgehead atoms. The van der Waals surface area contributed by atoms with E-state index in [-0.39, 0.29) is 11.3 Å². The molecule has 0 aliphatic carbocycles. The van der Waals surface area contributed by atoms with Crippen molar-refractivity contribution in [2.75, 3.05) is 31.6 Å². The van der Waals surface area contributed by atoms with Gasteiger partial charge in [0.15, 0.2) is 0 Å². The number of hydrogen-bond donors (Lipinski definition) is 0. The van der Waals surface area contributed by atoms with Gasteiger partial charge in [-0.1, -0.05) is 54.1 Å². The van der Waals surface area contributed by atoms with Gasteiger partial charge in [0, 0.05) is 31.7 Å². The van der Waals surface area contributed by atoms with Crippen LogP contribution in [-0.2, 0) is 0 Å². The molecule has 0 N–H and O–H groups in total. The third kappa shape index (κ3) is 5.08. The predicted octanol–water partition coefficient (Wildman–Crippen LogP) is 5.61. The van der Waals surface area contributed by atoms with Crippen LogP contribution in [0.2, 0.25) is 5.02 Å². The van der Waals surface area contributed by atoms with E-state index in [1.165, 1.54) is 4.68 Å². The van der Waals surface area contributed by atoms with Crippen LogP contribution < -0.4 is 15.2 Å². The molecule has 2 heterocycles. The lowest BCUT2D eigenvalue weighted by atomic mass is 10.1. The van der Waals surface area contributed by atoms with Crippen LogP contribution in [0, 0.1) is 0 Å². The van der Waals surface area contributed by atoms with Crippen LogP contribution in [0.3, 0.4) is 0 Å². The van der Waals surface area contributed by atoms with E-state index in [4.69, 9.17) is 16.3 Å². The standard InChI is InChI=1S/C28H25ClN4O2/c1-31-16-5-17-32(19-18-31)26-20-30-33(24-12-10-23(29)11-13-24)28(34)27(26)35-25-14-8-22(9-15-25)21-6-3-2-4-7-21/h2-16,20H,17-19H2,1H3. The minimum atomic E-state index is -0.335. The monoisotopic (exact) mass is 484 g/mol. The van der Waals surface area contributed by atoms with E-state index >= 15 is 0 Å². The van der Waals surface area contributed by atoms with Crippen molar-refractivity contribution in [3.8, 4) is 28.3 Å². The molecule has 0 atom stereocenters. The Morgan fingerprint density at radius 1 is 0.886 bits per heavy atom. The normalized spacial score (nSPS) is 13.5. The highest BCUT2D eigenvalue weighted by atomic mass is 35.5. The first-order chi connectivity index (χ1) is 17.1. The summed E-state index contributed by atoms with van der Waals surface area (Å²) >= 11 is 6.04. The molecule has 1 aliphatic rings. The predicted molar refractivity (Wildman–Crippen MR) is 141 cm³/mol. The molecule has 1 aromatic heterocycles. The maximum absolute atomic E-state index is 13.6. The lowest BCUT2D eigenvalue weighted by Gasteiger charge is -2.25. The Morgan fingerprint density at radius 2 is 1.60 bits per heavy atom. The van der Waals surface area contributed by atoms with Crippen molar-refractivity contribution >= 4 is 17.3 Å². The van der Waals surface area contributed by atoms with Crippen LogP contribution in [0.5, 0.6) is 11.5 Å². The van der Waals surface area contributed by atoms with E-state index in [2.05, 4.69) is 33.1 Å². The van der Waals surface area contributed by atoms with Gasteiger partial charge in [0.25, 0.3) is 0 Å². The lowest BCUT2D eigenvalue weighted by Crippen LogP contribution is -2.32. The highest BCUT2D eigenvalue weighted by Crippen LogP contribution is 2.31. The quantitative estimate of drug-likeness (QED) is 0.368.